The summed E-state index contributed by atoms with van der Waals surface area (Å²) in [7, 11) is 1.71. The Balaban J connectivity index is 1.76. The first-order valence-corrected chi connectivity index (χ1v) is 7.55. The molecule has 1 heterocycles. The molecule has 1 saturated heterocycles. The van der Waals surface area contributed by atoms with E-state index in [1.54, 1.807) is 7.11 Å². The molecule has 1 N–H and O–H groups in total. The molecule has 0 spiro atoms. The summed E-state index contributed by atoms with van der Waals surface area (Å²) < 4.78 is 5.29. The van der Waals surface area contributed by atoms with Crippen molar-refractivity contribution in [3.63, 3.8) is 0 Å². The lowest BCUT2D eigenvalue weighted by Gasteiger charge is -2.36. The molecule has 0 unspecified atom stereocenters. The van der Waals surface area contributed by atoms with Crippen molar-refractivity contribution in [2.75, 3.05) is 51.3 Å². The lowest BCUT2D eigenvalue weighted by molar-refractivity contribution is 0.242. The van der Waals surface area contributed by atoms with Crippen molar-refractivity contribution in [3.05, 3.63) is 24.3 Å². The van der Waals surface area contributed by atoms with Crippen LogP contribution in [0.1, 0.15) is 19.3 Å². The molecule has 4 nitrogen and oxygen atoms in total. The maximum absolute atomic E-state index is 8.78. The molecule has 2 rings (SSSR count). The number of nitrogens with zero attached hydrogens (tertiary/aromatic N) is 2. The second-order valence-electron chi connectivity index (χ2n) is 5.31. The zero-order chi connectivity index (χ0) is 14.2. The Morgan fingerprint density at radius 2 is 1.90 bits per heavy atom. The number of hydrogen-bond donors (Lipinski definition) is 1. The Morgan fingerprint density at radius 3 is 2.60 bits per heavy atom. The molecular formula is C16H26N2O2. The van der Waals surface area contributed by atoms with E-state index >= 15 is 0 Å². The van der Waals surface area contributed by atoms with Crippen LogP contribution < -0.4 is 9.64 Å². The van der Waals surface area contributed by atoms with Crippen molar-refractivity contribution in [2.45, 2.75) is 19.3 Å². The van der Waals surface area contributed by atoms with Gasteiger partial charge in [0, 0.05) is 44.5 Å². The van der Waals surface area contributed by atoms with Crippen LogP contribution in [-0.4, -0.2) is 56.4 Å². The van der Waals surface area contributed by atoms with Gasteiger partial charge in [0.1, 0.15) is 5.75 Å². The average Bonchev–Trinajstić information content (AvgIpc) is 2.52. The van der Waals surface area contributed by atoms with Gasteiger partial charge in [0.2, 0.25) is 0 Å². The highest BCUT2D eigenvalue weighted by molar-refractivity contribution is 5.51. The predicted octanol–water partition coefficient (Wildman–Crippen LogP) is 1.98. The molecule has 4 heteroatoms. The summed E-state index contributed by atoms with van der Waals surface area (Å²) >= 11 is 0. The van der Waals surface area contributed by atoms with Gasteiger partial charge in [-0.1, -0.05) is 6.07 Å². The fourth-order valence-corrected chi connectivity index (χ4v) is 2.66. The number of hydrogen-bond acceptors (Lipinski definition) is 4. The van der Waals surface area contributed by atoms with Crippen LogP contribution in [-0.2, 0) is 0 Å². The van der Waals surface area contributed by atoms with E-state index in [1.165, 1.54) is 12.1 Å². The molecule has 1 aromatic rings. The van der Waals surface area contributed by atoms with Crippen LogP contribution in [0.2, 0.25) is 0 Å². The van der Waals surface area contributed by atoms with Gasteiger partial charge >= 0.3 is 0 Å². The maximum Gasteiger partial charge on any atom is 0.120 e. The van der Waals surface area contributed by atoms with Gasteiger partial charge in [-0.05, 0) is 37.9 Å². The number of anilines is 1. The highest BCUT2D eigenvalue weighted by atomic mass is 16.5. The smallest absolute Gasteiger partial charge is 0.120 e. The average molecular weight is 278 g/mol. The number of ether oxygens (including phenoxy) is 1. The first-order valence-electron chi connectivity index (χ1n) is 7.55. The molecule has 0 aromatic heterocycles. The molecule has 1 fully saturated rings. The predicted molar refractivity (Wildman–Crippen MR) is 82.6 cm³/mol. The van der Waals surface area contributed by atoms with E-state index in [0.717, 1.165) is 51.3 Å². The molecule has 0 atom stereocenters. The lowest BCUT2D eigenvalue weighted by Crippen LogP contribution is -2.46. The van der Waals surface area contributed by atoms with Crippen LogP contribution in [0.25, 0.3) is 0 Å². The highest BCUT2D eigenvalue weighted by Crippen LogP contribution is 2.22. The molecule has 0 bridgehead atoms. The Hall–Kier alpha value is -1.26. The topological polar surface area (TPSA) is 35.9 Å². The summed E-state index contributed by atoms with van der Waals surface area (Å²) in [4.78, 5) is 4.95. The van der Waals surface area contributed by atoms with Crippen LogP contribution in [0.4, 0.5) is 5.69 Å². The summed E-state index contributed by atoms with van der Waals surface area (Å²) in [5.74, 6) is 0.925. The van der Waals surface area contributed by atoms with Gasteiger partial charge < -0.3 is 14.7 Å². The van der Waals surface area contributed by atoms with Gasteiger partial charge in [-0.15, -0.1) is 0 Å². The zero-order valence-corrected chi connectivity index (χ0v) is 12.4. The fraction of sp³-hybridized carbons (Fsp3) is 0.625. The number of piperazine rings is 1. The third-order valence-electron chi connectivity index (χ3n) is 3.92. The van der Waals surface area contributed by atoms with Crippen LogP contribution in [0.5, 0.6) is 5.75 Å². The van der Waals surface area contributed by atoms with E-state index in [0.29, 0.717) is 6.61 Å². The fourth-order valence-electron chi connectivity index (χ4n) is 2.66. The number of aliphatic hydroxyl groups is 1. The summed E-state index contributed by atoms with van der Waals surface area (Å²) in [6.45, 7) is 5.88. The SMILES string of the molecule is COc1cccc(N2CCN(CCCCCO)CC2)c1. The largest absolute Gasteiger partial charge is 0.497 e. The molecule has 0 amide bonds. The first-order chi connectivity index (χ1) is 9.83. The molecule has 20 heavy (non-hydrogen) atoms. The van der Waals surface area contributed by atoms with E-state index in [2.05, 4.69) is 28.0 Å². The Bertz CT molecular complexity index is 390. The van der Waals surface area contributed by atoms with E-state index in [4.69, 9.17) is 9.84 Å². The van der Waals surface area contributed by atoms with Crippen molar-refractivity contribution in [2.24, 2.45) is 0 Å². The molecule has 112 valence electrons. The minimum Gasteiger partial charge on any atom is -0.497 e. The standard InChI is InChI=1S/C16H26N2O2/c1-20-16-7-5-6-15(14-16)18-11-9-17(10-12-18)8-3-2-4-13-19/h5-7,14,19H,2-4,8-13H2,1H3. The monoisotopic (exact) mass is 278 g/mol. The van der Waals surface area contributed by atoms with Crippen molar-refractivity contribution in [1.82, 2.24) is 4.90 Å². The minimum absolute atomic E-state index is 0.323. The molecule has 0 aliphatic carbocycles. The van der Waals surface area contributed by atoms with Gasteiger partial charge in [0.15, 0.2) is 0 Å². The Morgan fingerprint density at radius 1 is 1.10 bits per heavy atom. The number of unbranched alkanes of at least 4 members (excludes halogenated alkanes) is 2. The van der Waals surface area contributed by atoms with Crippen molar-refractivity contribution in [3.8, 4) is 5.75 Å². The number of methoxy groups -OCH3 is 1. The summed E-state index contributed by atoms with van der Waals surface area (Å²) in [6, 6.07) is 8.30. The van der Waals surface area contributed by atoms with Crippen molar-refractivity contribution >= 4 is 5.69 Å². The van der Waals surface area contributed by atoms with E-state index in [9.17, 15) is 0 Å². The van der Waals surface area contributed by atoms with Crippen molar-refractivity contribution in [1.29, 1.82) is 0 Å². The lowest BCUT2D eigenvalue weighted by atomic mass is 10.2. The summed E-state index contributed by atoms with van der Waals surface area (Å²) in [5.41, 5.74) is 1.25. The van der Waals surface area contributed by atoms with E-state index in [-0.39, 0.29) is 0 Å². The number of aliphatic hydroxyl groups excluding tert-OH is 1. The van der Waals surface area contributed by atoms with Gasteiger partial charge in [0.25, 0.3) is 0 Å². The third-order valence-corrected chi connectivity index (χ3v) is 3.92. The number of benzene rings is 1. The van der Waals surface area contributed by atoms with E-state index in [1.807, 2.05) is 6.07 Å². The Kier molecular flexibility index (Phi) is 6.15. The molecular weight excluding hydrogens is 252 g/mol. The maximum atomic E-state index is 8.78. The molecule has 1 aliphatic rings. The van der Waals surface area contributed by atoms with Crippen LogP contribution in [0.15, 0.2) is 24.3 Å². The molecule has 1 aromatic carbocycles. The van der Waals surface area contributed by atoms with Crippen LogP contribution in [0, 0.1) is 0 Å². The Labute approximate surface area is 122 Å². The second kappa shape index (κ2) is 8.12. The molecule has 0 radical (unpaired) electrons. The quantitative estimate of drug-likeness (QED) is 0.774. The highest BCUT2D eigenvalue weighted by Gasteiger charge is 2.16. The first kappa shape index (κ1) is 15.1. The van der Waals surface area contributed by atoms with Gasteiger partial charge in [0.05, 0.1) is 7.11 Å². The van der Waals surface area contributed by atoms with Gasteiger partial charge in [-0.3, -0.25) is 4.90 Å². The molecule has 1 aliphatic heterocycles. The number of rotatable bonds is 7. The zero-order valence-electron chi connectivity index (χ0n) is 12.4. The summed E-state index contributed by atoms with van der Waals surface area (Å²) in [5, 5.41) is 8.78. The third kappa shape index (κ3) is 4.39. The summed E-state index contributed by atoms with van der Waals surface area (Å²) in [6.07, 6.45) is 3.26. The van der Waals surface area contributed by atoms with Crippen LogP contribution in [0.3, 0.4) is 0 Å². The molecule has 0 saturated carbocycles. The van der Waals surface area contributed by atoms with Gasteiger partial charge in [-0.2, -0.15) is 0 Å². The van der Waals surface area contributed by atoms with Crippen molar-refractivity contribution < 1.29 is 9.84 Å². The van der Waals surface area contributed by atoms with E-state index < -0.39 is 0 Å². The van der Waals surface area contributed by atoms with Gasteiger partial charge in [-0.25, -0.2) is 0 Å². The van der Waals surface area contributed by atoms with Crippen LogP contribution >= 0.6 is 0 Å². The minimum atomic E-state index is 0.323. The normalized spacial score (nSPS) is 16.4. The second-order valence-corrected chi connectivity index (χ2v) is 5.31.